The van der Waals surface area contributed by atoms with Crippen molar-refractivity contribution in [2.24, 2.45) is 0 Å². The first-order chi connectivity index (χ1) is 15.2. The molecule has 0 amide bonds. The van der Waals surface area contributed by atoms with E-state index < -0.39 is 0 Å². The molecule has 3 aromatic rings. The number of rotatable bonds is 4. The summed E-state index contributed by atoms with van der Waals surface area (Å²) >= 11 is 1.35. The molecule has 2 aromatic carbocycles. The van der Waals surface area contributed by atoms with E-state index in [1.54, 1.807) is 4.57 Å². The Labute approximate surface area is 187 Å². The van der Waals surface area contributed by atoms with Crippen LogP contribution in [0, 0.1) is 11.3 Å². The molecule has 156 valence electrons. The summed E-state index contributed by atoms with van der Waals surface area (Å²) in [5.41, 5.74) is 5.15. The molecule has 1 heterocycles. The second-order valence-corrected chi connectivity index (χ2v) is 9.56. The van der Waals surface area contributed by atoms with Gasteiger partial charge in [0, 0.05) is 11.0 Å². The molecule has 1 spiro atoms. The lowest BCUT2D eigenvalue weighted by Crippen LogP contribution is -2.43. The predicted octanol–water partition coefficient (Wildman–Crippen LogP) is 5.33. The highest BCUT2D eigenvalue weighted by Gasteiger charge is 2.43. The van der Waals surface area contributed by atoms with Gasteiger partial charge in [-0.1, -0.05) is 85.6 Å². The van der Waals surface area contributed by atoms with Crippen LogP contribution in [0.15, 0.2) is 64.5 Å². The molecular weight excluding hydrogens is 402 g/mol. The maximum Gasteiger partial charge on any atom is 0.258 e. The van der Waals surface area contributed by atoms with Crippen molar-refractivity contribution in [2.75, 3.05) is 5.75 Å². The fraction of sp³-hybridized carbons (Fsp3) is 0.346. The van der Waals surface area contributed by atoms with Crippen LogP contribution in [0.4, 0.5) is 0 Å². The maximum atomic E-state index is 14.1. The molecule has 0 atom stereocenters. The summed E-state index contributed by atoms with van der Waals surface area (Å²) in [6, 6.07) is 20.6. The molecule has 2 aliphatic carbocycles. The number of fused-ring (bicyclic) bond motifs is 4. The summed E-state index contributed by atoms with van der Waals surface area (Å²) in [5, 5.41) is 9.82. The molecule has 4 nitrogen and oxygen atoms in total. The number of hydrogen-bond acceptors (Lipinski definition) is 4. The largest absolute Gasteiger partial charge is 0.283 e. The van der Waals surface area contributed by atoms with E-state index in [1.165, 1.54) is 23.7 Å². The van der Waals surface area contributed by atoms with Crippen LogP contribution in [0.2, 0.25) is 0 Å². The molecule has 2 aliphatic rings. The van der Waals surface area contributed by atoms with Crippen molar-refractivity contribution in [2.45, 2.75) is 55.6 Å². The van der Waals surface area contributed by atoms with Gasteiger partial charge in [0.05, 0.1) is 29.6 Å². The van der Waals surface area contributed by atoms with Gasteiger partial charge in [-0.15, -0.1) is 0 Å². The normalized spacial score (nSPS) is 16.4. The minimum Gasteiger partial charge on any atom is -0.283 e. The Morgan fingerprint density at radius 1 is 1.03 bits per heavy atom. The van der Waals surface area contributed by atoms with E-state index in [2.05, 4.69) is 24.3 Å². The van der Waals surface area contributed by atoms with Crippen LogP contribution in [-0.2, 0) is 18.4 Å². The summed E-state index contributed by atoms with van der Waals surface area (Å²) < 4.78 is 1.81. The predicted molar refractivity (Wildman–Crippen MR) is 124 cm³/mol. The summed E-state index contributed by atoms with van der Waals surface area (Å²) in [4.78, 5) is 19.2. The Bertz CT molecular complexity index is 1200. The van der Waals surface area contributed by atoms with Gasteiger partial charge < -0.3 is 0 Å². The Hall–Kier alpha value is -2.84. The Morgan fingerprint density at radius 2 is 1.77 bits per heavy atom. The molecule has 5 heteroatoms. The third kappa shape index (κ3) is 3.59. The van der Waals surface area contributed by atoms with Gasteiger partial charge in [0.15, 0.2) is 5.16 Å². The smallest absolute Gasteiger partial charge is 0.258 e. The van der Waals surface area contributed by atoms with Gasteiger partial charge in [-0.3, -0.25) is 9.36 Å². The number of thioether (sulfide) groups is 1. The molecule has 5 rings (SSSR count). The lowest BCUT2D eigenvalue weighted by atomic mass is 9.62. The van der Waals surface area contributed by atoms with Crippen LogP contribution in [0.5, 0.6) is 0 Å². The molecule has 0 radical (unpaired) electrons. The average Bonchev–Trinajstić information content (AvgIpc) is 2.80. The molecule has 0 N–H and O–H groups in total. The first-order valence-corrected chi connectivity index (χ1v) is 12.0. The molecule has 0 unspecified atom stereocenters. The van der Waals surface area contributed by atoms with Gasteiger partial charge in [0.25, 0.3) is 5.56 Å². The fourth-order valence-electron chi connectivity index (χ4n) is 5.33. The van der Waals surface area contributed by atoms with Gasteiger partial charge in [0.2, 0.25) is 0 Å². The Balaban J connectivity index is 1.75. The van der Waals surface area contributed by atoms with E-state index in [9.17, 15) is 10.1 Å². The highest BCUT2D eigenvalue weighted by molar-refractivity contribution is 7.99. The Morgan fingerprint density at radius 3 is 2.55 bits per heavy atom. The molecule has 1 aromatic heterocycles. The summed E-state index contributed by atoms with van der Waals surface area (Å²) in [6.45, 7) is 0.478. The maximum absolute atomic E-state index is 14.1. The Kier molecular flexibility index (Phi) is 5.41. The zero-order chi connectivity index (χ0) is 21.3. The van der Waals surface area contributed by atoms with Crippen molar-refractivity contribution in [3.8, 4) is 17.3 Å². The van der Waals surface area contributed by atoms with Crippen molar-refractivity contribution < 1.29 is 0 Å². The van der Waals surface area contributed by atoms with Crippen molar-refractivity contribution in [1.82, 2.24) is 9.55 Å². The lowest BCUT2D eigenvalue weighted by Gasteiger charge is -2.42. The second-order valence-electron chi connectivity index (χ2n) is 8.62. The van der Waals surface area contributed by atoms with Crippen molar-refractivity contribution in [3.05, 3.63) is 81.6 Å². The van der Waals surface area contributed by atoms with Crippen LogP contribution < -0.4 is 5.56 Å². The van der Waals surface area contributed by atoms with Gasteiger partial charge in [-0.25, -0.2) is 4.98 Å². The summed E-state index contributed by atoms with van der Waals surface area (Å²) in [6.07, 6.45) is 6.56. The van der Waals surface area contributed by atoms with Gasteiger partial charge in [-0.05, 0) is 30.4 Å². The first kappa shape index (κ1) is 20.1. The van der Waals surface area contributed by atoms with Crippen molar-refractivity contribution in [3.63, 3.8) is 0 Å². The zero-order valence-corrected chi connectivity index (χ0v) is 18.3. The van der Waals surface area contributed by atoms with E-state index in [1.807, 2.05) is 36.4 Å². The monoisotopic (exact) mass is 427 g/mol. The zero-order valence-electron chi connectivity index (χ0n) is 17.5. The molecule has 0 aliphatic heterocycles. The number of hydrogen-bond donors (Lipinski definition) is 0. The molecular formula is C26H25N3OS. The number of aromatic nitrogens is 2. The number of nitriles is 1. The summed E-state index contributed by atoms with van der Waals surface area (Å²) in [7, 11) is 0. The minimum absolute atomic E-state index is 0.0747. The molecule has 1 saturated carbocycles. The lowest BCUT2D eigenvalue weighted by molar-refractivity contribution is 0.282. The van der Waals surface area contributed by atoms with E-state index in [4.69, 9.17) is 4.98 Å². The fourth-order valence-corrected chi connectivity index (χ4v) is 5.99. The van der Waals surface area contributed by atoms with Crippen molar-refractivity contribution in [1.29, 1.82) is 5.26 Å². The topological polar surface area (TPSA) is 58.7 Å². The molecule has 31 heavy (non-hydrogen) atoms. The first-order valence-electron chi connectivity index (χ1n) is 11.0. The van der Waals surface area contributed by atoms with Crippen LogP contribution in [0.1, 0.15) is 48.8 Å². The highest BCUT2D eigenvalue weighted by Crippen LogP contribution is 2.48. The van der Waals surface area contributed by atoms with Gasteiger partial charge in [-0.2, -0.15) is 5.26 Å². The van der Waals surface area contributed by atoms with Crippen molar-refractivity contribution >= 4 is 11.8 Å². The van der Waals surface area contributed by atoms with E-state index >= 15 is 0 Å². The van der Waals surface area contributed by atoms with Crippen LogP contribution in [0.25, 0.3) is 11.3 Å². The SMILES string of the molecule is N#CCSc1nc2c(c(=O)n1Cc1ccccc1)C1(CCCCC1)Cc1ccccc1-2. The molecule has 1 fully saturated rings. The standard InChI is InChI=1S/C26H25N3OS/c27-15-16-31-25-28-23-21-12-6-5-11-20(21)17-26(13-7-2-8-14-26)22(23)24(30)29(25)18-19-9-3-1-4-10-19/h1,3-6,9-12H,2,7-8,13-14,16-18H2. The highest BCUT2D eigenvalue weighted by atomic mass is 32.2. The van der Waals surface area contributed by atoms with Gasteiger partial charge in [0.1, 0.15) is 0 Å². The third-order valence-corrected chi connectivity index (χ3v) is 7.57. The second kappa shape index (κ2) is 8.36. The van der Waals surface area contributed by atoms with E-state index in [-0.39, 0.29) is 16.7 Å². The van der Waals surface area contributed by atoms with Gasteiger partial charge >= 0.3 is 0 Å². The minimum atomic E-state index is -0.122. The number of benzene rings is 2. The van der Waals surface area contributed by atoms with Crippen LogP contribution in [-0.4, -0.2) is 15.3 Å². The number of nitrogens with zero attached hydrogens (tertiary/aromatic N) is 3. The molecule has 0 bridgehead atoms. The van der Waals surface area contributed by atoms with E-state index in [0.717, 1.165) is 54.5 Å². The third-order valence-electron chi connectivity index (χ3n) is 6.73. The average molecular weight is 428 g/mol. The van der Waals surface area contributed by atoms with E-state index in [0.29, 0.717) is 11.7 Å². The van der Waals surface area contributed by atoms with Crippen LogP contribution >= 0.6 is 11.8 Å². The molecule has 0 saturated heterocycles. The quantitative estimate of drug-likeness (QED) is 0.417. The van der Waals surface area contributed by atoms with Crippen LogP contribution in [0.3, 0.4) is 0 Å². The summed E-state index contributed by atoms with van der Waals surface area (Å²) in [5.74, 6) is 0.271.